The van der Waals surface area contributed by atoms with Crippen LogP contribution in [0.3, 0.4) is 0 Å². The van der Waals surface area contributed by atoms with Crippen LogP contribution in [0.15, 0.2) is 72.3 Å². The van der Waals surface area contributed by atoms with Crippen LogP contribution in [0.1, 0.15) is 51.1 Å². The summed E-state index contributed by atoms with van der Waals surface area (Å²) in [5.41, 5.74) is 4.61. The van der Waals surface area contributed by atoms with Gasteiger partial charge < -0.3 is 9.84 Å². The molecule has 6 nitrogen and oxygen atoms in total. The highest BCUT2D eigenvalue weighted by Crippen LogP contribution is 2.42. The Morgan fingerprint density at radius 3 is 2.37 bits per heavy atom. The third kappa shape index (κ3) is 4.35. The molecular weight excluding hydrogens is 442 g/mol. The van der Waals surface area contributed by atoms with E-state index in [4.69, 9.17) is 4.74 Å². The van der Waals surface area contributed by atoms with Crippen molar-refractivity contribution in [1.82, 2.24) is 0 Å². The van der Waals surface area contributed by atoms with Crippen molar-refractivity contribution < 1.29 is 24.2 Å². The van der Waals surface area contributed by atoms with E-state index in [0.29, 0.717) is 16.8 Å². The van der Waals surface area contributed by atoms with Crippen LogP contribution in [0, 0.1) is 13.8 Å². The molecule has 1 aliphatic heterocycles. The Hall–Kier alpha value is -4.19. The van der Waals surface area contributed by atoms with Crippen LogP contribution >= 0.6 is 0 Å². The van der Waals surface area contributed by atoms with Gasteiger partial charge in [0.1, 0.15) is 5.76 Å². The van der Waals surface area contributed by atoms with E-state index < -0.39 is 23.7 Å². The highest BCUT2D eigenvalue weighted by Gasteiger charge is 2.47. The van der Waals surface area contributed by atoms with E-state index in [-0.39, 0.29) is 16.9 Å². The van der Waals surface area contributed by atoms with Gasteiger partial charge in [-0.1, -0.05) is 55.0 Å². The maximum atomic E-state index is 13.4. The van der Waals surface area contributed by atoms with E-state index >= 15 is 0 Å². The Morgan fingerprint density at radius 2 is 1.71 bits per heavy atom. The highest BCUT2D eigenvalue weighted by atomic mass is 16.5. The van der Waals surface area contributed by atoms with E-state index in [1.54, 1.807) is 24.3 Å². The second-order valence-corrected chi connectivity index (χ2v) is 8.62. The van der Waals surface area contributed by atoms with Crippen LogP contribution in [0.25, 0.3) is 5.76 Å². The Balaban J connectivity index is 1.96. The maximum Gasteiger partial charge on any atom is 0.337 e. The number of aryl methyl sites for hydroxylation is 3. The fourth-order valence-corrected chi connectivity index (χ4v) is 4.39. The fourth-order valence-electron chi connectivity index (χ4n) is 4.39. The third-order valence-electron chi connectivity index (χ3n) is 6.34. The zero-order valence-electron chi connectivity index (χ0n) is 20.2. The molecular formula is C29H27NO5. The number of esters is 1. The van der Waals surface area contributed by atoms with E-state index in [1.807, 2.05) is 57.2 Å². The molecule has 1 N–H and O–H groups in total. The number of anilines is 1. The molecule has 1 heterocycles. The summed E-state index contributed by atoms with van der Waals surface area (Å²) in [4.78, 5) is 40.2. The quantitative estimate of drug-likeness (QED) is 0.238. The summed E-state index contributed by atoms with van der Waals surface area (Å²) in [5.74, 6) is -2.33. The molecule has 0 radical (unpaired) electrons. The predicted molar refractivity (Wildman–Crippen MR) is 134 cm³/mol. The molecule has 1 unspecified atom stereocenters. The molecule has 1 aliphatic rings. The zero-order chi connectivity index (χ0) is 25.3. The van der Waals surface area contributed by atoms with Crippen LogP contribution < -0.4 is 4.90 Å². The van der Waals surface area contributed by atoms with E-state index in [0.717, 1.165) is 23.1 Å². The molecule has 1 fully saturated rings. The van der Waals surface area contributed by atoms with Crippen molar-refractivity contribution in [3.8, 4) is 0 Å². The van der Waals surface area contributed by atoms with Crippen LogP contribution in [0.4, 0.5) is 5.69 Å². The lowest BCUT2D eigenvalue weighted by atomic mass is 9.92. The molecule has 35 heavy (non-hydrogen) atoms. The van der Waals surface area contributed by atoms with Crippen molar-refractivity contribution >= 4 is 29.1 Å². The molecule has 0 aliphatic carbocycles. The predicted octanol–water partition coefficient (Wildman–Crippen LogP) is 5.28. The summed E-state index contributed by atoms with van der Waals surface area (Å²) < 4.78 is 4.82. The molecule has 0 aromatic heterocycles. The first-order valence-electron chi connectivity index (χ1n) is 11.4. The fraction of sp³-hybridized carbons (Fsp3) is 0.207. The van der Waals surface area contributed by atoms with Gasteiger partial charge in [0.2, 0.25) is 0 Å². The van der Waals surface area contributed by atoms with Crippen molar-refractivity contribution in [1.29, 1.82) is 0 Å². The van der Waals surface area contributed by atoms with Crippen LogP contribution in [0.5, 0.6) is 0 Å². The summed E-state index contributed by atoms with van der Waals surface area (Å²) in [5, 5.41) is 11.4. The number of rotatable bonds is 5. The topological polar surface area (TPSA) is 83.9 Å². The van der Waals surface area contributed by atoms with E-state index in [1.165, 1.54) is 18.1 Å². The molecule has 1 atom stereocenters. The Labute approximate surface area is 204 Å². The average molecular weight is 470 g/mol. The van der Waals surface area contributed by atoms with Gasteiger partial charge in [-0.05, 0) is 61.2 Å². The first-order chi connectivity index (χ1) is 16.8. The molecule has 4 rings (SSSR count). The average Bonchev–Trinajstić information content (AvgIpc) is 3.14. The number of aliphatic hydroxyl groups is 1. The second kappa shape index (κ2) is 9.58. The number of Topliss-reactive ketones (excluding diaryl/α,β-unsaturated/α-hetero) is 1. The number of hydrogen-bond acceptors (Lipinski definition) is 5. The molecule has 1 amide bonds. The molecule has 3 aromatic rings. The van der Waals surface area contributed by atoms with E-state index in [2.05, 4.69) is 0 Å². The van der Waals surface area contributed by atoms with Crippen molar-refractivity contribution in [3.05, 3.63) is 106 Å². The molecule has 1 saturated heterocycles. The molecule has 3 aromatic carbocycles. The van der Waals surface area contributed by atoms with Crippen LogP contribution in [-0.2, 0) is 20.7 Å². The standard InChI is InChI=1S/C29H27NO5/c1-5-19-11-13-20(14-12-19)25-24(26(31)23-15-17(2)9-10-18(23)3)27(32)28(33)30(25)22-8-6-7-21(16-22)29(34)35-4/h6-16,25,31H,5H2,1-4H3/b26-24+. The lowest BCUT2D eigenvalue weighted by molar-refractivity contribution is -0.132. The number of benzene rings is 3. The number of aliphatic hydroxyl groups excluding tert-OH is 1. The number of carbonyl (C=O) groups is 3. The van der Waals surface area contributed by atoms with Gasteiger partial charge in [0.15, 0.2) is 0 Å². The summed E-state index contributed by atoms with van der Waals surface area (Å²) in [6, 6.07) is 18.7. The molecule has 6 heteroatoms. The van der Waals surface area contributed by atoms with Gasteiger partial charge in [0, 0.05) is 11.3 Å². The lowest BCUT2D eigenvalue weighted by Crippen LogP contribution is -2.29. The number of amides is 1. The molecule has 0 saturated carbocycles. The van der Waals surface area contributed by atoms with Crippen molar-refractivity contribution in [2.75, 3.05) is 12.0 Å². The van der Waals surface area contributed by atoms with Gasteiger partial charge in [-0.3, -0.25) is 14.5 Å². The van der Waals surface area contributed by atoms with E-state index in [9.17, 15) is 19.5 Å². The number of carbonyl (C=O) groups excluding carboxylic acids is 3. The van der Waals surface area contributed by atoms with Gasteiger partial charge in [0.25, 0.3) is 11.7 Å². The summed E-state index contributed by atoms with van der Waals surface area (Å²) >= 11 is 0. The Bertz CT molecular complexity index is 1350. The van der Waals surface area contributed by atoms with Crippen LogP contribution in [-0.4, -0.2) is 29.9 Å². The normalized spacial score (nSPS) is 17.0. The molecule has 0 bridgehead atoms. The minimum atomic E-state index is -0.867. The van der Waals surface area contributed by atoms with Gasteiger partial charge >= 0.3 is 5.97 Å². The maximum absolute atomic E-state index is 13.4. The lowest BCUT2D eigenvalue weighted by Gasteiger charge is -2.26. The highest BCUT2D eigenvalue weighted by molar-refractivity contribution is 6.51. The summed E-state index contributed by atoms with van der Waals surface area (Å²) in [6.07, 6.45) is 0.837. The zero-order valence-corrected chi connectivity index (χ0v) is 20.2. The largest absolute Gasteiger partial charge is 0.507 e. The number of nitrogens with zero attached hydrogens (tertiary/aromatic N) is 1. The SMILES string of the molecule is CCc1ccc(C2/C(=C(\O)c3cc(C)ccc3C)C(=O)C(=O)N2c2cccc(C(=O)OC)c2)cc1. The smallest absolute Gasteiger partial charge is 0.337 e. The minimum absolute atomic E-state index is 0.0106. The Morgan fingerprint density at radius 1 is 1.00 bits per heavy atom. The second-order valence-electron chi connectivity index (χ2n) is 8.62. The first kappa shape index (κ1) is 24.0. The minimum Gasteiger partial charge on any atom is -0.507 e. The van der Waals surface area contributed by atoms with Gasteiger partial charge in [-0.15, -0.1) is 0 Å². The number of hydrogen-bond donors (Lipinski definition) is 1. The van der Waals surface area contributed by atoms with Crippen molar-refractivity contribution in [2.24, 2.45) is 0 Å². The van der Waals surface area contributed by atoms with Gasteiger partial charge in [-0.25, -0.2) is 4.79 Å². The molecule has 0 spiro atoms. The number of methoxy groups -OCH3 is 1. The number of ketones is 1. The first-order valence-corrected chi connectivity index (χ1v) is 11.4. The van der Waals surface area contributed by atoms with Crippen molar-refractivity contribution in [3.63, 3.8) is 0 Å². The molecule has 178 valence electrons. The third-order valence-corrected chi connectivity index (χ3v) is 6.34. The number of ether oxygens (including phenoxy) is 1. The van der Waals surface area contributed by atoms with Crippen molar-refractivity contribution in [2.45, 2.75) is 33.2 Å². The van der Waals surface area contributed by atoms with Crippen LogP contribution in [0.2, 0.25) is 0 Å². The Kier molecular flexibility index (Phi) is 6.56. The van der Waals surface area contributed by atoms with Gasteiger partial charge in [-0.2, -0.15) is 0 Å². The van der Waals surface area contributed by atoms with Gasteiger partial charge in [0.05, 0.1) is 24.3 Å². The monoisotopic (exact) mass is 469 g/mol. The summed E-state index contributed by atoms with van der Waals surface area (Å²) in [6.45, 7) is 5.78. The summed E-state index contributed by atoms with van der Waals surface area (Å²) in [7, 11) is 1.28.